The Bertz CT molecular complexity index is 307. The summed E-state index contributed by atoms with van der Waals surface area (Å²) in [6.45, 7) is 0. The van der Waals surface area contributed by atoms with E-state index in [9.17, 15) is 9.90 Å². The van der Waals surface area contributed by atoms with Crippen LogP contribution in [0.25, 0.3) is 0 Å². The van der Waals surface area contributed by atoms with E-state index in [0.717, 1.165) is 0 Å². The van der Waals surface area contributed by atoms with Gasteiger partial charge in [-0.1, -0.05) is 30.4 Å². The quantitative estimate of drug-likeness (QED) is 0.677. The van der Waals surface area contributed by atoms with Crippen molar-refractivity contribution in [3.05, 3.63) is 23.8 Å². The van der Waals surface area contributed by atoms with Gasteiger partial charge < -0.3 is 10.4 Å². The van der Waals surface area contributed by atoms with Gasteiger partial charge in [0.25, 0.3) is 0 Å². The maximum Gasteiger partial charge on any atom is 0.222 e. The third kappa shape index (κ3) is 2.75. The maximum atomic E-state index is 11.0. The molecule has 1 rings (SSSR count). The van der Waals surface area contributed by atoms with Crippen molar-refractivity contribution in [3.63, 3.8) is 0 Å². The first-order valence-electron chi connectivity index (χ1n) is 4.43. The van der Waals surface area contributed by atoms with E-state index in [4.69, 9.17) is 12.2 Å². The van der Waals surface area contributed by atoms with E-state index >= 15 is 0 Å². The molecule has 0 radical (unpaired) electrons. The molecule has 1 amide bonds. The van der Waals surface area contributed by atoms with Crippen molar-refractivity contribution >= 4 is 23.0 Å². The van der Waals surface area contributed by atoms with Gasteiger partial charge in [0.15, 0.2) is 0 Å². The molecular weight excluding hydrogens is 198 g/mol. The SMILES string of the molecule is CNC(=O)C[C@H](O)C1=CC=CCC1=S. The molecule has 0 aromatic rings. The van der Waals surface area contributed by atoms with Crippen LogP contribution < -0.4 is 5.32 Å². The van der Waals surface area contributed by atoms with Crippen molar-refractivity contribution < 1.29 is 9.90 Å². The monoisotopic (exact) mass is 211 g/mol. The minimum Gasteiger partial charge on any atom is -0.388 e. The van der Waals surface area contributed by atoms with Gasteiger partial charge in [-0.15, -0.1) is 0 Å². The highest BCUT2D eigenvalue weighted by Gasteiger charge is 2.18. The Morgan fingerprint density at radius 3 is 3.07 bits per heavy atom. The molecule has 0 unspecified atom stereocenters. The van der Waals surface area contributed by atoms with Gasteiger partial charge in [0.2, 0.25) is 5.91 Å². The lowest BCUT2D eigenvalue weighted by molar-refractivity contribution is -0.122. The molecule has 1 atom stereocenters. The zero-order chi connectivity index (χ0) is 10.6. The standard InChI is InChI=1S/C10H13NO2S/c1-11-10(13)6-8(12)7-4-2-3-5-9(7)14/h2-4,8,12H,5-6H2,1H3,(H,11,13)/t8-/m0/s1. The number of hydrogen-bond donors (Lipinski definition) is 2. The van der Waals surface area contributed by atoms with Crippen LogP contribution in [0.5, 0.6) is 0 Å². The van der Waals surface area contributed by atoms with Crippen LogP contribution in [-0.4, -0.2) is 29.0 Å². The number of amides is 1. The lowest BCUT2D eigenvalue weighted by Gasteiger charge is -2.16. The minimum absolute atomic E-state index is 0.0658. The Hall–Kier alpha value is -1.00. The van der Waals surface area contributed by atoms with E-state index < -0.39 is 6.10 Å². The lowest BCUT2D eigenvalue weighted by atomic mass is 9.97. The summed E-state index contributed by atoms with van der Waals surface area (Å²) >= 11 is 5.08. The number of aliphatic hydroxyl groups is 1. The van der Waals surface area contributed by atoms with Crippen molar-refractivity contribution in [3.8, 4) is 0 Å². The number of carbonyl (C=O) groups excluding carboxylic acids is 1. The fraction of sp³-hybridized carbons (Fsp3) is 0.400. The van der Waals surface area contributed by atoms with Crippen molar-refractivity contribution in [2.45, 2.75) is 18.9 Å². The van der Waals surface area contributed by atoms with Crippen LogP contribution in [-0.2, 0) is 4.79 Å². The van der Waals surface area contributed by atoms with E-state index in [0.29, 0.717) is 16.9 Å². The molecule has 0 bridgehead atoms. The van der Waals surface area contributed by atoms with Gasteiger partial charge in [-0.3, -0.25) is 4.79 Å². The zero-order valence-electron chi connectivity index (χ0n) is 7.99. The Kier molecular flexibility index (Phi) is 3.98. The van der Waals surface area contributed by atoms with Gasteiger partial charge >= 0.3 is 0 Å². The summed E-state index contributed by atoms with van der Waals surface area (Å²) in [5.41, 5.74) is 0.686. The average Bonchev–Trinajstić information content (AvgIpc) is 2.18. The number of hydrogen-bond acceptors (Lipinski definition) is 3. The highest BCUT2D eigenvalue weighted by molar-refractivity contribution is 7.80. The summed E-state index contributed by atoms with van der Waals surface area (Å²) in [5.74, 6) is -0.184. The number of thiocarbonyl (C=S) groups is 1. The van der Waals surface area contributed by atoms with Crippen LogP contribution >= 0.6 is 12.2 Å². The molecule has 1 aliphatic carbocycles. The van der Waals surface area contributed by atoms with E-state index in [2.05, 4.69) is 5.32 Å². The Labute approximate surface area is 88.5 Å². The normalized spacial score (nSPS) is 17.6. The molecule has 0 fully saturated rings. The van der Waals surface area contributed by atoms with Gasteiger partial charge in [0.1, 0.15) is 0 Å². The van der Waals surface area contributed by atoms with Crippen LogP contribution in [0.4, 0.5) is 0 Å². The molecule has 76 valence electrons. The summed E-state index contributed by atoms with van der Waals surface area (Å²) in [6, 6.07) is 0. The molecule has 4 heteroatoms. The highest BCUT2D eigenvalue weighted by Crippen LogP contribution is 2.16. The summed E-state index contributed by atoms with van der Waals surface area (Å²) in [5, 5.41) is 12.2. The second-order valence-electron chi connectivity index (χ2n) is 3.07. The van der Waals surface area contributed by atoms with Crippen molar-refractivity contribution in [1.82, 2.24) is 5.32 Å². The first kappa shape index (κ1) is 11.1. The molecule has 0 spiro atoms. The number of carbonyl (C=O) groups is 1. The molecule has 0 aromatic carbocycles. The number of nitrogens with one attached hydrogen (secondary N) is 1. The molecule has 0 saturated carbocycles. The Balaban J connectivity index is 2.63. The van der Waals surface area contributed by atoms with Crippen molar-refractivity contribution in [2.24, 2.45) is 0 Å². The first-order valence-corrected chi connectivity index (χ1v) is 4.84. The van der Waals surface area contributed by atoms with E-state index in [-0.39, 0.29) is 12.3 Å². The third-order valence-corrected chi connectivity index (χ3v) is 2.46. The third-order valence-electron chi connectivity index (χ3n) is 2.05. The van der Waals surface area contributed by atoms with Gasteiger partial charge in [0, 0.05) is 18.3 Å². The van der Waals surface area contributed by atoms with E-state index in [1.165, 1.54) is 0 Å². The van der Waals surface area contributed by atoms with Gasteiger partial charge in [-0.05, 0) is 5.57 Å². The molecule has 14 heavy (non-hydrogen) atoms. The highest BCUT2D eigenvalue weighted by atomic mass is 32.1. The topological polar surface area (TPSA) is 49.3 Å². The van der Waals surface area contributed by atoms with Crippen LogP contribution in [0.3, 0.4) is 0 Å². The zero-order valence-corrected chi connectivity index (χ0v) is 8.80. The van der Waals surface area contributed by atoms with Crippen molar-refractivity contribution in [2.75, 3.05) is 7.05 Å². The molecule has 1 aliphatic rings. The van der Waals surface area contributed by atoms with Gasteiger partial charge in [0.05, 0.1) is 12.5 Å². The summed E-state index contributed by atoms with van der Waals surface area (Å²) in [6.07, 6.45) is 5.49. The number of aliphatic hydroxyl groups excluding tert-OH is 1. The molecule has 3 nitrogen and oxygen atoms in total. The van der Waals surface area contributed by atoms with Gasteiger partial charge in [-0.2, -0.15) is 0 Å². The Morgan fingerprint density at radius 1 is 1.79 bits per heavy atom. The second kappa shape index (κ2) is 5.02. The van der Waals surface area contributed by atoms with Crippen molar-refractivity contribution in [1.29, 1.82) is 0 Å². The molecule has 0 aliphatic heterocycles. The minimum atomic E-state index is -0.785. The molecule has 0 heterocycles. The van der Waals surface area contributed by atoms with Crippen LogP contribution in [0.1, 0.15) is 12.8 Å². The van der Waals surface area contributed by atoms with Crippen LogP contribution in [0.15, 0.2) is 23.8 Å². The summed E-state index contributed by atoms with van der Waals surface area (Å²) < 4.78 is 0. The predicted molar refractivity (Wildman–Crippen MR) is 59.1 cm³/mol. The molecule has 0 aromatic heterocycles. The predicted octanol–water partition coefficient (Wildman–Crippen LogP) is 0.740. The van der Waals surface area contributed by atoms with Gasteiger partial charge in [-0.25, -0.2) is 0 Å². The number of rotatable bonds is 3. The van der Waals surface area contributed by atoms with Crippen LogP contribution in [0, 0.1) is 0 Å². The molecule has 0 saturated heterocycles. The van der Waals surface area contributed by atoms with E-state index in [1.807, 2.05) is 12.2 Å². The smallest absolute Gasteiger partial charge is 0.222 e. The molecule has 2 N–H and O–H groups in total. The average molecular weight is 211 g/mol. The Morgan fingerprint density at radius 2 is 2.50 bits per heavy atom. The fourth-order valence-electron chi connectivity index (χ4n) is 1.24. The second-order valence-corrected chi connectivity index (χ2v) is 3.56. The maximum absolute atomic E-state index is 11.0. The largest absolute Gasteiger partial charge is 0.388 e. The van der Waals surface area contributed by atoms with E-state index in [1.54, 1.807) is 13.1 Å². The molecular formula is C10H13NO2S. The fourth-order valence-corrected chi connectivity index (χ4v) is 1.54. The lowest BCUT2D eigenvalue weighted by Crippen LogP contribution is -2.27. The number of allylic oxidation sites excluding steroid dienone is 3. The van der Waals surface area contributed by atoms with Crippen LogP contribution in [0.2, 0.25) is 0 Å². The summed E-state index contributed by atoms with van der Waals surface area (Å²) in [4.78, 5) is 11.7. The summed E-state index contributed by atoms with van der Waals surface area (Å²) in [7, 11) is 1.54. The first-order chi connectivity index (χ1) is 6.65.